The summed E-state index contributed by atoms with van der Waals surface area (Å²) < 4.78 is 11.7. The first-order chi connectivity index (χ1) is 17.5. The Morgan fingerprint density at radius 2 is 1.81 bits per heavy atom. The molecule has 0 N–H and O–H groups in total. The number of furan rings is 1. The van der Waals surface area contributed by atoms with Gasteiger partial charge in [-0.25, -0.2) is 4.79 Å². The predicted octanol–water partition coefficient (Wildman–Crippen LogP) is 7.46. The van der Waals surface area contributed by atoms with E-state index in [1.54, 1.807) is 23.1 Å². The maximum absolute atomic E-state index is 13.3. The Kier molecular flexibility index (Phi) is 7.02. The largest absolute Gasteiger partial charge is 0.462 e. The van der Waals surface area contributed by atoms with Crippen molar-refractivity contribution >= 4 is 62.7 Å². The molecule has 7 heteroatoms. The number of hydrogen-bond acceptors (Lipinski definition) is 6. The van der Waals surface area contributed by atoms with Gasteiger partial charge in [0.2, 0.25) is 0 Å². The molecular formula is C29H23NO4S2. The van der Waals surface area contributed by atoms with E-state index in [4.69, 9.17) is 21.4 Å². The van der Waals surface area contributed by atoms with Crippen molar-refractivity contribution < 1.29 is 18.7 Å². The molecule has 5 nitrogen and oxygen atoms in total. The molecule has 0 radical (unpaired) electrons. The van der Waals surface area contributed by atoms with Crippen LogP contribution in [0.25, 0.3) is 28.2 Å². The fourth-order valence-corrected chi connectivity index (χ4v) is 5.22. The lowest BCUT2D eigenvalue weighted by molar-refractivity contribution is -0.113. The maximum Gasteiger partial charge on any atom is 0.338 e. The number of thioether (sulfide) groups is 1. The molecule has 1 aromatic heterocycles. The number of amides is 1. The van der Waals surface area contributed by atoms with E-state index in [1.807, 2.05) is 73.7 Å². The average molecular weight is 514 g/mol. The quantitative estimate of drug-likeness (QED) is 0.111. The van der Waals surface area contributed by atoms with Crippen LogP contribution in [0.5, 0.6) is 0 Å². The highest BCUT2D eigenvalue weighted by atomic mass is 32.2. The smallest absolute Gasteiger partial charge is 0.338 e. The molecule has 4 aromatic rings. The lowest BCUT2D eigenvalue weighted by Gasteiger charge is -2.17. The molecule has 3 aromatic carbocycles. The van der Waals surface area contributed by atoms with Crippen LogP contribution in [0.4, 0.5) is 5.69 Å². The van der Waals surface area contributed by atoms with E-state index < -0.39 is 0 Å². The first-order valence-electron chi connectivity index (χ1n) is 11.7. The molecule has 180 valence electrons. The van der Waals surface area contributed by atoms with Gasteiger partial charge in [-0.1, -0.05) is 85.9 Å². The van der Waals surface area contributed by atoms with Gasteiger partial charge >= 0.3 is 5.97 Å². The van der Waals surface area contributed by atoms with Crippen LogP contribution in [0.2, 0.25) is 0 Å². The molecule has 0 spiro atoms. The molecule has 1 amide bonds. The van der Waals surface area contributed by atoms with Gasteiger partial charge in [-0.05, 0) is 42.1 Å². The zero-order valence-corrected chi connectivity index (χ0v) is 21.2. The van der Waals surface area contributed by atoms with Gasteiger partial charge < -0.3 is 9.15 Å². The van der Waals surface area contributed by atoms with Gasteiger partial charge in [-0.15, -0.1) is 0 Å². The van der Waals surface area contributed by atoms with Gasteiger partial charge in [0.25, 0.3) is 5.91 Å². The Balaban J connectivity index is 1.34. The van der Waals surface area contributed by atoms with Crippen LogP contribution < -0.4 is 4.90 Å². The number of carbonyl (C=O) groups excluding carboxylic acids is 2. The van der Waals surface area contributed by atoms with Crippen molar-refractivity contribution in [1.29, 1.82) is 0 Å². The molecule has 36 heavy (non-hydrogen) atoms. The summed E-state index contributed by atoms with van der Waals surface area (Å²) in [5.74, 6) is 0.678. The van der Waals surface area contributed by atoms with Crippen molar-refractivity contribution in [3.8, 4) is 11.3 Å². The summed E-state index contributed by atoms with van der Waals surface area (Å²) in [7, 11) is 0. The second-order valence-electron chi connectivity index (χ2n) is 8.28. The van der Waals surface area contributed by atoms with Crippen LogP contribution in [-0.2, 0) is 9.53 Å². The second-order valence-corrected chi connectivity index (χ2v) is 9.96. The van der Waals surface area contributed by atoms with E-state index in [0.29, 0.717) is 32.9 Å². The van der Waals surface area contributed by atoms with Crippen LogP contribution in [0, 0.1) is 0 Å². The molecule has 0 atom stereocenters. The highest BCUT2D eigenvalue weighted by Crippen LogP contribution is 2.39. The number of ether oxygens (including phenoxy) is 1. The van der Waals surface area contributed by atoms with Crippen LogP contribution >= 0.6 is 24.0 Å². The summed E-state index contributed by atoms with van der Waals surface area (Å²) in [6.07, 6.45) is 3.54. The molecule has 0 unspecified atom stereocenters. The highest BCUT2D eigenvalue weighted by molar-refractivity contribution is 8.27. The molecule has 0 aliphatic carbocycles. The third kappa shape index (κ3) is 4.85. The Morgan fingerprint density at radius 3 is 2.61 bits per heavy atom. The number of hydrogen-bond donors (Lipinski definition) is 0. The number of anilines is 1. The van der Waals surface area contributed by atoms with Gasteiger partial charge in [-0.2, -0.15) is 0 Å². The zero-order valence-electron chi connectivity index (χ0n) is 19.6. The van der Waals surface area contributed by atoms with E-state index in [1.165, 1.54) is 11.8 Å². The number of rotatable bonds is 7. The fourth-order valence-electron chi connectivity index (χ4n) is 3.96. The topological polar surface area (TPSA) is 59.8 Å². The van der Waals surface area contributed by atoms with Crippen LogP contribution in [0.1, 0.15) is 35.9 Å². The molecule has 1 aliphatic rings. The van der Waals surface area contributed by atoms with Gasteiger partial charge in [-0.3, -0.25) is 9.69 Å². The third-order valence-corrected chi connectivity index (χ3v) is 7.14. The molecule has 5 rings (SSSR count). The van der Waals surface area contributed by atoms with E-state index in [-0.39, 0.29) is 11.9 Å². The number of unbranched alkanes of at least 4 members (excludes halogenated alkanes) is 1. The van der Waals surface area contributed by atoms with Crippen molar-refractivity contribution in [3.05, 3.63) is 95.1 Å². The summed E-state index contributed by atoms with van der Waals surface area (Å²) in [5, 5.41) is 2.01. The van der Waals surface area contributed by atoms with Crippen molar-refractivity contribution in [2.24, 2.45) is 0 Å². The monoisotopic (exact) mass is 513 g/mol. The molecule has 0 bridgehead atoms. The lowest BCUT2D eigenvalue weighted by Crippen LogP contribution is -2.27. The highest BCUT2D eigenvalue weighted by Gasteiger charge is 2.34. The second kappa shape index (κ2) is 10.5. The zero-order chi connectivity index (χ0) is 25.1. The van der Waals surface area contributed by atoms with Crippen molar-refractivity contribution in [1.82, 2.24) is 0 Å². The first-order valence-corrected chi connectivity index (χ1v) is 12.9. The number of nitrogens with zero attached hydrogens (tertiary/aromatic N) is 1. The lowest BCUT2D eigenvalue weighted by atomic mass is 10.1. The number of fused-ring (bicyclic) bond motifs is 1. The van der Waals surface area contributed by atoms with Crippen LogP contribution in [0.15, 0.2) is 88.2 Å². The van der Waals surface area contributed by atoms with Gasteiger partial charge in [0.1, 0.15) is 11.5 Å². The van der Waals surface area contributed by atoms with E-state index in [0.717, 1.165) is 34.9 Å². The van der Waals surface area contributed by atoms with Crippen LogP contribution in [0.3, 0.4) is 0 Å². The Labute approximate surface area is 218 Å². The van der Waals surface area contributed by atoms with Gasteiger partial charge in [0.15, 0.2) is 4.32 Å². The maximum atomic E-state index is 13.3. The molecule has 0 saturated carbocycles. The van der Waals surface area contributed by atoms with Crippen molar-refractivity contribution in [2.45, 2.75) is 19.8 Å². The van der Waals surface area contributed by atoms with Gasteiger partial charge in [0, 0.05) is 17.0 Å². The minimum absolute atomic E-state index is 0.176. The Hall–Kier alpha value is -3.68. The van der Waals surface area contributed by atoms with Crippen molar-refractivity contribution in [3.63, 3.8) is 0 Å². The molecule has 1 aliphatic heterocycles. The summed E-state index contributed by atoms with van der Waals surface area (Å²) in [6.45, 7) is 2.47. The fraction of sp³-hybridized carbons (Fsp3) is 0.138. The van der Waals surface area contributed by atoms with Gasteiger partial charge in [0.05, 0.1) is 22.8 Å². The van der Waals surface area contributed by atoms with Crippen molar-refractivity contribution in [2.75, 3.05) is 11.5 Å². The predicted molar refractivity (Wildman–Crippen MR) is 149 cm³/mol. The molecule has 1 saturated heterocycles. The summed E-state index contributed by atoms with van der Waals surface area (Å²) in [6, 6.07) is 24.5. The minimum Gasteiger partial charge on any atom is -0.462 e. The average Bonchev–Trinajstić information content (AvgIpc) is 3.48. The number of benzene rings is 3. The number of carbonyl (C=O) groups is 2. The minimum atomic E-state index is -0.330. The Bertz CT molecular complexity index is 1480. The van der Waals surface area contributed by atoms with E-state index in [9.17, 15) is 9.59 Å². The van der Waals surface area contributed by atoms with Crippen LogP contribution in [-0.4, -0.2) is 22.8 Å². The Morgan fingerprint density at radius 1 is 1.03 bits per heavy atom. The van der Waals surface area contributed by atoms with E-state index in [2.05, 4.69) is 0 Å². The summed E-state index contributed by atoms with van der Waals surface area (Å²) >= 11 is 6.82. The first kappa shape index (κ1) is 24.0. The SMILES string of the molecule is CCCCOC(=O)c1ccc(-c2ccc(/C=C3/SC(=S)N(c4cccc5ccccc45)C3=O)o2)cc1. The molecule has 1 fully saturated rings. The number of thiocarbonyl (C=S) groups is 1. The normalized spacial score (nSPS) is 14.7. The standard InChI is InChI=1S/C29H23NO4S2/c1-2-3-17-33-28(32)21-13-11-20(12-14-21)25-16-15-22(34-25)18-26-27(31)30(29(35)36-26)24-10-6-8-19-7-4-5-9-23(19)24/h4-16,18H,2-3,17H2,1H3/b26-18+. The van der Waals surface area contributed by atoms with E-state index >= 15 is 0 Å². The number of esters is 1. The third-order valence-electron chi connectivity index (χ3n) is 5.84. The molecule has 2 heterocycles. The molecular weight excluding hydrogens is 490 g/mol. The summed E-state index contributed by atoms with van der Waals surface area (Å²) in [4.78, 5) is 27.5. The summed E-state index contributed by atoms with van der Waals surface area (Å²) in [5.41, 5.74) is 2.09.